The van der Waals surface area contributed by atoms with Gasteiger partial charge in [0, 0.05) is 13.5 Å². The first-order chi connectivity index (χ1) is 10.5. The summed E-state index contributed by atoms with van der Waals surface area (Å²) in [5, 5.41) is 8.87. The van der Waals surface area contributed by atoms with E-state index in [1.165, 1.54) is 62.7 Å². The molecule has 1 amide bonds. The summed E-state index contributed by atoms with van der Waals surface area (Å²) in [6, 6.07) is -0.736. The van der Waals surface area contributed by atoms with Crippen molar-refractivity contribution >= 4 is 41.4 Å². The zero-order valence-corrected chi connectivity index (χ0v) is 14.8. The summed E-state index contributed by atoms with van der Waals surface area (Å²) in [6.07, 6.45) is 14.2. The van der Waals surface area contributed by atoms with Crippen molar-refractivity contribution in [2.24, 2.45) is 0 Å². The van der Waals surface area contributed by atoms with Gasteiger partial charge in [0.25, 0.3) is 0 Å². The van der Waals surface area contributed by atoms with Crippen LogP contribution in [-0.2, 0) is 9.59 Å². The molecule has 23 heavy (non-hydrogen) atoms. The summed E-state index contributed by atoms with van der Waals surface area (Å²) in [5.74, 6) is -1.01. The molecule has 4 nitrogen and oxygen atoms in total. The Kier molecular flexibility index (Phi) is 18.4. The number of hydrogen-bond donors (Lipinski definition) is 1. The topological polar surface area (TPSA) is 57.6 Å². The second-order valence-electron chi connectivity index (χ2n) is 6.30. The van der Waals surface area contributed by atoms with Crippen molar-refractivity contribution in [3.05, 3.63) is 0 Å². The van der Waals surface area contributed by atoms with Crippen LogP contribution in [0.25, 0.3) is 0 Å². The van der Waals surface area contributed by atoms with Crippen LogP contribution in [-0.4, -0.2) is 64.5 Å². The van der Waals surface area contributed by atoms with E-state index in [4.69, 9.17) is 5.11 Å². The Morgan fingerprint density at radius 1 is 0.870 bits per heavy atom. The number of rotatable bonds is 14. The molecule has 0 bridgehead atoms. The summed E-state index contributed by atoms with van der Waals surface area (Å²) < 4.78 is 0. The van der Waals surface area contributed by atoms with Crippen LogP contribution in [0.2, 0.25) is 0 Å². The molecule has 0 aromatic carbocycles. The first-order valence-corrected chi connectivity index (χ1v) is 8.99. The van der Waals surface area contributed by atoms with Crippen molar-refractivity contribution < 1.29 is 14.7 Å². The third-order valence-corrected chi connectivity index (χ3v) is 4.33. The van der Waals surface area contributed by atoms with Gasteiger partial charge in [-0.15, -0.1) is 0 Å². The summed E-state index contributed by atoms with van der Waals surface area (Å²) in [6.45, 7) is 3.78. The zero-order valence-electron chi connectivity index (χ0n) is 14.8. The van der Waals surface area contributed by atoms with Crippen molar-refractivity contribution in [2.75, 3.05) is 7.05 Å². The third-order valence-electron chi connectivity index (χ3n) is 4.33. The molecule has 0 aromatic rings. The first kappa shape index (κ1) is 25.2. The van der Waals surface area contributed by atoms with Crippen LogP contribution >= 0.6 is 0 Å². The van der Waals surface area contributed by atoms with Gasteiger partial charge in [-0.25, -0.2) is 4.79 Å². The average Bonchev–Trinajstić information content (AvgIpc) is 2.50. The van der Waals surface area contributed by atoms with E-state index in [9.17, 15) is 9.59 Å². The molecule has 0 rings (SSSR count). The molecule has 0 heterocycles. The molecule has 0 fully saturated rings. The molecule has 0 spiro atoms. The van der Waals surface area contributed by atoms with Gasteiger partial charge in [-0.1, -0.05) is 71.1 Å². The van der Waals surface area contributed by atoms with E-state index < -0.39 is 12.0 Å². The van der Waals surface area contributed by atoms with Crippen LogP contribution < -0.4 is 0 Å². The number of carboxylic acid groups (broad SMARTS) is 1. The van der Waals surface area contributed by atoms with Gasteiger partial charge in [0.05, 0.1) is 0 Å². The molecule has 0 saturated heterocycles. The standard InChI is InChI=1S/C18H35NO3.Na.H/c1-4-5-6-7-8-9-10-11-12-13-14-15-17(20)19(3)16(2)18(21)22;;/h16H,4-15H2,1-3H3,(H,21,22);;. The number of amides is 1. The molecular weight excluding hydrogens is 301 g/mol. The SMILES string of the molecule is CCCCCCCCCCCCCC(=O)N(C)C(C)C(=O)O.[NaH]. The number of carbonyl (C=O) groups excluding carboxylic acids is 1. The monoisotopic (exact) mass is 337 g/mol. The Balaban J connectivity index is 0. The maximum absolute atomic E-state index is 11.8. The average molecular weight is 337 g/mol. The second-order valence-corrected chi connectivity index (χ2v) is 6.30. The van der Waals surface area contributed by atoms with Crippen LogP contribution in [0.4, 0.5) is 0 Å². The Hall–Kier alpha value is -0.0600. The number of unbranched alkanes of at least 4 members (excludes halogenated alkanes) is 10. The zero-order chi connectivity index (χ0) is 16.8. The van der Waals surface area contributed by atoms with E-state index in [1.807, 2.05) is 0 Å². The van der Waals surface area contributed by atoms with E-state index in [1.54, 1.807) is 14.0 Å². The normalized spacial score (nSPS) is 11.6. The second kappa shape index (κ2) is 16.8. The van der Waals surface area contributed by atoms with Gasteiger partial charge >= 0.3 is 35.5 Å². The van der Waals surface area contributed by atoms with E-state index in [0.717, 1.165) is 12.8 Å². The van der Waals surface area contributed by atoms with Crippen LogP contribution in [0, 0.1) is 0 Å². The first-order valence-electron chi connectivity index (χ1n) is 8.99. The van der Waals surface area contributed by atoms with Crippen molar-refractivity contribution in [1.82, 2.24) is 4.90 Å². The molecule has 1 atom stereocenters. The van der Waals surface area contributed by atoms with Crippen LogP contribution in [0.3, 0.4) is 0 Å². The molecule has 132 valence electrons. The Bertz CT molecular complexity index is 311. The van der Waals surface area contributed by atoms with Crippen LogP contribution in [0.1, 0.15) is 90.9 Å². The number of carbonyl (C=O) groups is 2. The van der Waals surface area contributed by atoms with Crippen molar-refractivity contribution in [3.8, 4) is 0 Å². The molecule has 1 N–H and O–H groups in total. The number of nitrogens with zero attached hydrogens (tertiary/aromatic N) is 1. The van der Waals surface area contributed by atoms with E-state index in [0.29, 0.717) is 6.42 Å². The molecule has 0 aromatic heterocycles. The van der Waals surface area contributed by atoms with E-state index in [-0.39, 0.29) is 35.5 Å². The predicted molar refractivity (Wildman–Crippen MR) is 98.1 cm³/mol. The molecule has 0 aliphatic carbocycles. The van der Waals surface area contributed by atoms with Gasteiger partial charge in [-0.3, -0.25) is 4.79 Å². The Morgan fingerprint density at radius 3 is 1.65 bits per heavy atom. The van der Waals surface area contributed by atoms with Crippen molar-refractivity contribution in [2.45, 2.75) is 96.9 Å². The number of aliphatic carboxylic acids is 1. The minimum absolute atomic E-state index is 0. The van der Waals surface area contributed by atoms with Crippen LogP contribution in [0.15, 0.2) is 0 Å². The molecule has 0 saturated carbocycles. The molecular formula is C18H36NNaO3. The predicted octanol–water partition coefficient (Wildman–Crippen LogP) is 3.97. The Morgan fingerprint density at radius 2 is 1.26 bits per heavy atom. The van der Waals surface area contributed by atoms with Gasteiger partial charge in [0.15, 0.2) is 0 Å². The van der Waals surface area contributed by atoms with Gasteiger partial charge in [0.1, 0.15) is 6.04 Å². The number of carboxylic acids is 1. The summed E-state index contributed by atoms with van der Waals surface area (Å²) in [4.78, 5) is 24.0. The van der Waals surface area contributed by atoms with Crippen molar-refractivity contribution in [1.29, 1.82) is 0 Å². The van der Waals surface area contributed by atoms with Gasteiger partial charge in [0.2, 0.25) is 5.91 Å². The summed E-state index contributed by atoms with van der Waals surface area (Å²) in [5.41, 5.74) is 0. The van der Waals surface area contributed by atoms with Gasteiger partial charge in [-0.2, -0.15) is 0 Å². The molecule has 0 radical (unpaired) electrons. The van der Waals surface area contributed by atoms with E-state index in [2.05, 4.69) is 6.92 Å². The summed E-state index contributed by atoms with van der Waals surface area (Å²) >= 11 is 0. The molecule has 0 aliphatic rings. The number of hydrogen-bond acceptors (Lipinski definition) is 2. The van der Waals surface area contributed by atoms with E-state index >= 15 is 0 Å². The molecule has 5 heteroatoms. The number of likely N-dealkylation sites (N-methyl/N-ethyl adjacent to an activating group) is 1. The minimum atomic E-state index is -0.949. The van der Waals surface area contributed by atoms with Crippen molar-refractivity contribution in [3.63, 3.8) is 0 Å². The Labute approximate surface area is 164 Å². The maximum atomic E-state index is 11.8. The van der Waals surface area contributed by atoms with Gasteiger partial charge in [-0.05, 0) is 13.3 Å². The quantitative estimate of drug-likeness (QED) is 0.385. The fourth-order valence-corrected chi connectivity index (χ4v) is 2.50. The fourth-order valence-electron chi connectivity index (χ4n) is 2.50. The molecule has 1 unspecified atom stereocenters. The van der Waals surface area contributed by atoms with Crippen LogP contribution in [0.5, 0.6) is 0 Å². The van der Waals surface area contributed by atoms with Gasteiger partial charge < -0.3 is 10.0 Å². The molecule has 0 aliphatic heterocycles. The fraction of sp³-hybridized carbons (Fsp3) is 0.889. The summed E-state index contributed by atoms with van der Waals surface area (Å²) in [7, 11) is 1.57. The third kappa shape index (κ3) is 14.0.